The van der Waals surface area contributed by atoms with Crippen molar-refractivity contribution in [1.82, 2.24) is 31.9 Å². The van der Waals surface area contributed by atoms with E-state index < -0.39 is 108 Å². The van der Waals surface area contributed by atoms with Gasteiger partial charge in [-0.15, -0.1) is 0 Å². The average Bonchev–Trinajstić information content (AvgIpc) is 3.10. The maximum Gasteiger partial charge on any atom is 0.305 e. The van der Waals surface area contributed by atoms with Crippen LogP contribution in [0.15, 0.2) is 4.99 Å². The number of rotatable bonds is 26. The van der Waals surface area contributed by atoms with Gasteiger partial charge in [0.25, 0.3) is 0 Å². The number of thiol groups is 2. The molecule has 314 valence electrons. The molecule has 0 aliphatic rings. The van der Waals surface area contributed by atoms with Gasteiger partial charge >= 0.3 is 5.97 Å². The van der Waals surface area contributed by atoms with Crippen molar-refractivity contribution in [1.29, 1.82) is 0 Å². The van der Waals surface area contributed by atoms with Crippen LogP contribution in [-0.4, -0.2) is 130 Å². The molecule has 0 aliphatic carbocycles. The van der Waals surface area contributed by atoms with Gasteiger partial charge in [0.15, 0.2) is 5.96 Å². The minimum absolute atomic E-state index is 0.0237. The van der Waals surface area contributed by atoms with Crippen molar-refractivity contribution >= 4 is 78.5 Å². The summed E-state index contributed by atoms with van der Waals surface area (Å²) in [6.45, 7) is 8.10. The molecular weight excluding hydrogens is 763 g/mol. The Morgan fingerprint density at radius 2 is 1.16 bits per heavy atom. The summed E-state index contributed by atoms with van der Waals surface area (Å²) in [5.74, 6) is -8.96. The van der Waals surface area contributed by atoms with Gasteiger partial charge in [0.1, 0.15) is 36.3 Å². The minimum atomic E-state index is -1.83. The van der Waals surface area contributed by atoms with Crippen molar-refractivity contribution in [3.05, 3.63) is 0 Å². The fraction of sp³-hybridized carbons (Fsp3) is 0.719. The van der Waals surface area contributed by atoms with Crippen LogP contribution >= 0.6 is 25.3 Å². The number of aliphatic carboxylic acids is 1. The number of nitrogens with zero attached hydrogens (tertiary/aromatic N) is 1. The van der Waals surface area contributed by atoms with Crippen LogP contribution in [-0.2, 0) is 38.4 Å². The highest BCUT2D eigenvalue weighted by molar-refractivity contribution is 7.80. The van der Waals surface area contributed by atoms with E-state index in [0.29, 0.717) is 6.42 Å². The Labute approximate surface area is 331 Å². The van der Waals surface area contributed by atoms with Crippen LogP contribution in [0.4, 0.5) is 0 Å². The molecule has 0 bridgehead atoms. The Bertz CT molecular complexity index is 1370. The second-order valence-corrected chi connectivity index (χ2v) is 14.1. The van der Waals surface area contributed by atoms with Crippen molar-refractivity contribution in [2.45, 2.75) is 115 Å². The highest BCUT2D eigenvalue weighted by atomic mass is 32.1. The smallest absolute Gasteiger partial charge is 0.305 e. The largest absolute Gasteiger partial charge is 0.481 e. The van der Waals surface area contributed by atoms with Gasteiger partial charge < -0.3 is 65.0 Å². The fourth-order valence-corrected chi connectivity index (χ4v) is 5.27. The average molecular weight is 822 g/mol. The fourth-order valence-electron chi connectivity index (χ4n) is 4.84. The molecule has 0 unspecified atom stereocenters. The third kappa shape index (κ3) is 19.2. The van der Waals surface area contributed by atoms with Crippen LogP contribution in [0.2, 0.25) is 0 Å². The van der Waals surface area contributed by atoms with Crippen molar-refractivity contribution in [2.24, 2.45) is 39.8 Å². The summed E-state index contributed by atoms with van der Waals surface area (Å²) in [5.41, 5.74) is 21.8. The summed E-state index contributed by atoms with van der Waals surface area (Å²) in [5, 5.41) is 34.5. The van der Waals surface area contributed by atoms with Gasteiger partial charge in [0, 0.05) is 18.1 Å². The molecule has 0 aliphatic heterocycles. The van der Waals surface area contributed by atoms with Crippen molar-refractivity contribution in [3.63, 3.8) is 0 Å². The monoisotopic (exact) mass is 821 g/mol. The molecule has 0 fully saturated rings. The SMILES string of the molecule is CC[C@H](C)[C@H](NC(=O)[C@H](CCCN=C(N)N)NC(=O)[C@@H](N)CS)C(=O)N[C@@H](CC(=O)O)C(=O)N[C@H](C(=O)N[C@@H](CC(C)C)C(=O)N[C@@H](CS)C(N)=O)[C@@H](C)O. The molecule has 0 rings (SSSR count). The molecule has 7 amide bonds. The zero-order valence-electron chi connectivity index (χ0n) is 31.7. The van der Waals surface area contributed by atoms with E-state index in [0.717, 1.165) is 6.92 Å². The molecule has 0 aromatic rings. The quantitative estimate of drug-likeness (QED) is 0.0170. The number of hydrogen-bond donors (Lipinski definition) is 14. The third-order valence-electron chi connectivity index (χ3n) is 8.16. The Morgan fingerprint density at radius 3 is 1.64 bits per heavy atom. The Hall–Kier alpha value is -4.35. The highest BCUT2D eigenvalue weighted by Gasteiger charge is 2.36. The van der Waals surface area contributed by atoms with E-state index in [4.69, 9.17) is 22.9 Å². The Morgan fingerprint density at radius 1 is 0.673 bits per heavy atom. The van der Waals surface area contributed by atoms with Crippen LogP contribution in [0.25, 0.3) is 0 Å². The molecule has 55 heavy (non-hydrogen) atoms. The number of hydrogen-bond acceptors (Lipinski definition) is 13. The van der Waals surface area contributed by atoms with E-state index in [-0.39, 0.29) is 49.2 Å². The predicted octanol–water partition coefficient (Wildman–Crippen LogP) is -4.43. The Balaban J connectivity index is 6.30. The number of nitrogens with one attached hydrogen (secondary N) is 6. The van der Waals surface area contributed by atoms with Crippen LogP contribution < -0.4 is 54.8 Å². The number of aliphatic imine (C=N–C) groups is 1. The van der Waals surface area contributed by atoms with Crippen LogP contribution in [0.1, 0.15) is 66.7 Å². The summed E-state index contributed by atoms with van der Waals surface area (Å²) in [7, 11) is 0. The lowest BCUT2D eigenvalue weighted by Crippen LogP contribution is -2.62. The molecule has 9 atom stereocenters. The maximum absolute atomic E-state index is 13.7. The minimum Gasteiger partial charge on any atom is -0.481 e. The normalized spacial score (nSPS) is 16.0. The first kappa shape index (κ1) is 50.6. The molecule has 0 aromatic heterocycles. The molecule has 23 heteroatoms. The van der Waals surface area contributed by atoms with Gasteiger partial charge in [-0.25, -0.2) is 0 Å². The molecule has 21 nitrogen and oxygen atoms in total. The number of amides is 7. The van der Waals surface area contributed by atoms with Gasteiger partial charge in [-0.3, -0.25) is 43.3 Å². The van der Waals surface area contributed by atoms with E-state index in [1.165, 1.54) is 0 Å². The third-order valence-corrected chi connectivity index (χ3v) is 8.92. The van der Waals surface area contributed by atoms with Crippen LogP contribution in [0.5, 0.6) is 0 Å². The molecule has 0 spiro atoms. The first-order chi connectivity index (χ1) is 25.6. The summed E-state index contributed by atoms with van der Waals surface area (Å²) in [4.78, 5) is 107. The van der Waals surface area contributed by atoms with Gasteiger partial charge in [-0.1, -0.05) is 34.1 Å². The predicted molar refractivity (Wildman–Crippen MR) is 209 cm³/mol. The number of carboxylic acids is 1. The number of carboxylic acid groups (broad SMARTS) is 1. The topological polar surface area (TPSA) is 366 Å². The second-order valence-electron chi connectivity index (χ2n) is 13.4. The first-order valence-electron chi connectivity index (χ1n) is 17.6. The lowest BCUT2D eigenvalue weighted by molar-refractivity contribution is -0.142. The highest BCUT2D eigenvalue weighted by Crippen LogP contribution is 2.12. The number of nitrogens with two attached hydrogens (primary N) is 4. The van der Waals surface area contributed by atoms with E-state index in [9.17, 15) is 48.6 Å². The maximum atomic E-state index is 13.7. The first-order valence-corrected chi connectivity index (χ1v) is 18.9. The lowest BCUT2D eigenvalue weighted by atomic mass is 9.96. The van der Waals surface area contributed by atoms with Crippen molar-refractivity contribution in [2.75, 3.05) is 18.1 Å². The van der Waals surface area contributed by atoms with E-state index in [2.05, 4.69) is 62.2 Å². The molecule has 0 aromatic carbocycles. The number of aliphatic hydroxyl groups is 1. The lowest BCUT2D eigenvalue weighted by Gasteiger charge is -2.29. The van der Waals surface area contributed by atoms with Gasteiger partial charge in [0.05, 0.1) is 18.6 Å². The summed E-state index contributed by atoms with van der Waals surface area (Å²) in [6, 6.07) is -9.61. The van der Waals surface area contributed by atoms with Crippen molar-refractivity contribution < 1.29 is 48.6 Å². The molecule has 0 saturated heterocycles. The number of primary amides is 1. The van der Waals surface area contributed by atoms with E-state index in [1.807, 2.05) is 0 Å². The molecule has 0 radical (unpaired) electrons. The Kier molecular flexibility index (Phi) is 23.6. The molecule has 0 heterocycles. The summed E-state index contributed by atoms with van der Waals surface area (Å²) < 4.78 is 0. The van der Waals surface area contributed by atoms with Crippen LogP contribution in [0.3, 0.4) is 0 Å². The summed E-state index contributed by atoms with van der Waals surface area (Å²) >= 11 is 7.99. The molecule has 16 N–H and O–H groups in total. The van der Waals surface area contributed by atoms with Gasteiger partial charge in [-0.05, 0) is 38.0 Å². The zero-order chi connectivity index (χ0) is 42.6. The number of carbonyl (C=O) groups is 8. The summed E-state index contributed by atoms with van der Waals surface area (Å²) in [6.07, 6.45) is -1.92. The number of guanidine groups is 1. The van der Waals surface area contributed by atoms with Gasteiger partial charge in [0.2, 0.25) is 41.4 Å². The van der Waals surface area contributed by atoms with E-state index >= 15 is 0 Å². The number of carbonyl (C=O) groups excluding carboxylic acids is 7. The second kappa shape index (κ2) is 25.7. The standard InChI is InChI=1S/C32H59N11O10S2/c1-6-15(4)23(42-27(49)18(8-7-9-37-32(35)36)38-26(48)17(33)12-54)30(52)40-20(11-22(45)46)29(51)43-24(16(5)44)31(53)39-19(10-14(2)3)28(50)41-21(13-55)25(34)47/h14-21,23-24,44,54-55H,6-13,33H2,1-5H3,(H2,34,47)(H,38,48)(H,39,53)(H,40,52)(H,41,50)(H,42,49)(H,43,51)(H,45,46)(H4,35,36,37)/t15-,16+,17-,18-,19-,20-,21-,23-,24-/m0/s1. The molecule has 0 saturated carbocycles. The van der Waals surface area contributed by atoms with Gasteiger partial charge in [-0.2, -0.15) is 25.3 Å². The van der Waals surface area contributed by atoms with Crippen molar-refractivity contribution in [3.8, 4) is 0 Å². The number of aliphatic hydroxyl groups excluding tert-OH is 1. The van der Waals surface area contributed by atoms with E-state index in [1.54, 1.807) is 27.7 Å². The molecular formula is C32H59N11O10S2. The van der Waals surface area contributed by atoms with Crippen LogP contribution in [0, 0.1) is 11.8 Å². The zero-order valence-corrected chi connectivity index (χ0v) is 33.5.